The molecule has 0 radical (unpaired) electrons. The van der Waals surface area contributed by atoms with Gasteiger partial charge in [-0.15, -0.1) is 0 Å². The number of likely N-dealkylation sites (tertiary alicyclic amines) is 1. The topological polar surface area (TPSA) is 91.5 Å². The van der Waals surface area contributed by atoms with Gasteiger partial charge in [0, 0.05) is 18.5 Å². The van der Waals surface area contributed by atoms with E-state index in [-0.39, 0.29) is 17.1 Å². The largest absolute Gasteiger partial charge is 0.508 e. The van der Waals surface area contributed by atoms with Crippen molar-refractivity contribution in [2.24, 2.45) is 0 Å². The molecule has 1 heterocycles. The van der Waals surface area contributed by atoms with E-state index in [0.29, 0.717) is 30.0 Å². The van der Waals surface area contributed by atoms with Gasteiger partial charge in [-0.1, -0.05) is 42.0 Å². The Bertz CT molecular complexity index is 1310. The first kappa shape index (κ1) is 27.9. The van der Waals surface area contributed by atoms with E-state index in [1.807, 2.05) is 31.2 Å². The molecule has 0 spiro atoms. The van der Waals surface area contributed by atoms with E-state index < -0.39 is 17.7 Å². The second-order valence-corrected chi connectivity index (χ2v) is 9.94. The Balaban J connectivity index is 1.60. The van der Waals surface area contributed by atoms with Gasteiger partial charge in [-0.25, -0.2) is 0 Å². The first-order valence-electron chi connectivity index (χ1n) is 13.5. The van der Waals surface area contributed by atoms with Gasteiger partial charge in [-0.3, -0.25) is 9.59 Å². The van der Waals surface area contributed by atoms with Gasteiger partial charge >= 0.3 is 0 Å². The fraction of sp³-hybridized carbons (Fsp3) is 0.312. The minimum absolute atomic E-state index is 0.0502. The molecule has 3 aromatic rings. The molecule has 3 N–H and O–H groups in total. The smallest absolute Gasteiger partial charge is 0.295 e. The molecule has 4 rings (SSSR count). The Labute approximate surface area is 230 Å². The maximum atomic E-state index is 13.3. The normalized spacial score (nSPS) is 16.7. The van der Waals surface area contributed by atoms with E-state index in [2.05, 4.69) is 13.8 Å². The average molecular weight is 530 g/mol. The van der Waals surface area contributed by atoms with E-state index in [9.17, 15) is 19.8 Å². The molecule has 0 bridgehead atoms. The predicted octanol–water partition coefficient (Wildman–Crippen LogP) is 4.02. The number of ketones is 1. The summed E-state index contributed by atoms with van der Waals surface area (Å²) in [7, 11) is 0. The third-order valence-corrected chi connectivity index (χ3v) is 7.33. The Morgan fingerprint density at radius 3 is 2.18 bits per heavy atom. The van der Waals surface area contributed by atoms with E-state index in [4.69, 9.17) is 4.74 Å². The van der Waals surface area contributed by atoms with Crippen LogP contribution in [0.5, 0.6) is 11.5 Å². The number of aliphatic hydroxyl groups is 1. The van der Waals surface area contributed by atoms with Crippen LogP contribution in [0.25, 0.3) is 5.76 Å². The number of aryl methyl sites for hydroxylation is 1. The lowest BCUT2D eigenvalue weighted by atomic mass is 9.95. The van der Waals surface area contributed by atoms with Crippen LogP contribution in [-0.2, 0) is 16.2 Å². The number of nitrogens with one attached hydrogen (secondary N) is 1. The van der Waals surface area contributed by atoms with Gasteiger partial charge < -0.3 is 24.7 Å². The number of ether oxygens (including phenoxy) is 1. The molecule has 1 aliphatic heterocycles. The lowest BCUT2D eigenvalue weighted by molar-refractivity contribution is -0.896. The van der Waals surface area contributed by atoms with Gasteiger partial charge in [0.25, 0.3) is 11.7 Å². The molecule has 1 amide bonds. The first-order valence-corrected chi connectivity index (χ1v) is 13.5. The fourth-order valence-electron chi connectivity index (χ4n) is 4.93. The summed E-state index contributed by atoms with van der Waals surface area (Å²) in [6.07, 6.45) is 0.728. The lowest BCUT2D eigenvalue weighted by Gasteiger charge is -2.26. The number of quaternary nitrogens is 1. The monoisotopic (exact) mass is 529 g/mol. The maximum absolute atomic E-state index is 13.3. The number of benzene rings is 3. The minimum atomic E-state index is -0.741. The molecule has 7 heteroatoms. The molecule has 0 aromatic heterocycles. The molecule has 1 saturated heterocycles. The van der Waals surface area contributed by atoms with Crippen molar-refractivity contribution in [3.05, 3.63) is 101 Å². The molecular weight excluding hydrogens is 492 g/mol. The summed E-state index contributed by atoms with van der Waals surface area (Å²) in [6.45, 7) is 9.94. The van der Waals surface area contributed by atoms with Crippen LogP contribution in [0.2, 0.25) is 0 Å². The van der Waals surface area contributed by atoms with E-state index in [0.717, 1.165) is 31.6 Å². The molecule has 0 saturated carbocycles. The molecule has 3 aromatic carbocycles. The molecule has 0 unspecified atom stereocenters. The Morgan fingerprint density at radius 1 is 0.923 bits per heavy atom. The molecule has 1 atom stereocenters. The van der Waals surface area contributed by atoms with Crippen molar-refractivity contribution in [2.45, 2.75) is 39.8 Å². The van der Waals surface area contributed by atoms with Crippen molar-refractivity contribution in [1.82, 2.24) is 4.90 Å². The number of carbonyl (C=O) groups excluding carboxylic acids is 2. The summed E-state index contributed by atoms with van der Waals surface area (Å²) in [5, 5.41) is 21.1. The highest BCUT2D eigenvalue weighted by Gasteiger charge is 2.45. The van der Waals surface area contributed by atoms with Crippen LogP contribution < -0.4 is 9.64 Å². The quantitative estimate of drug-likeness (QED) is 0.198. The SMILES string of the molecule is CC[NH+](CC)CCCN1C(=O)C(=O)C(=C(O)c2ccc(OCc3ccc(C)cc3)cc2)[C@@H]1c1ccc(O)cc1. The molecule has 39 heavy (non-hydrogen) atoms. The van der Waals surface area contributed by atoms with Gasteiger partial charge in [0.2, 0.25) is 0 Å². The molecule has 7 nitrogen and oxygen atoms in total. The highest BCUT2D eigenvalue weighted by atomic mass is 16.5. The Morgan fingerprint density at radius 2 is 1.56 bits per heavy atom. The van der Waals surface area contributed by atoms with Gasteiger partial charge in [-0.2, -0.15) is 0 Å². The predicted molar refractivity (Wildman–Crippen MR) is 151 cm³/mol. The number of aromatic hydroxyl groups is 1. The second-order valence-electron chi connectivity index (χ2n) is 9.94. The molecule has 1 fully saturated rings. The number of amides is 1. The van der Waals surface area contributed by atoms with Crippen LogP contribution >= 0.6 is 0 Å². The van der Waals surface area contributed by atoms with Crippen LogP contribution in [0.15, 0.2) is 78.4 Å². The van der Waals surface area contributed by atoms with Gasteiger partial charge in [0.1, 0.15) is 23.9 Å². The molecular formula is C32H37N2O5+. The number of aliphatic hydroxyl groups excluding tert-OH is 1. The van der Waals surface area contributed by atoms with E-state index in [1.165, 1.54) is 22.6 Å². The summed E-state index contributed by atoms with van der Waals surface area (Å²) < 4.78 is 5.88. The summed E-state index contributed by atoms with van der Waals surface area (Å²) in [5.74, 6) is -0.848. The van der Waals surface area contributed by atoms with Crippen molar-refractivity contribution in [2.75, 3.05) is 26.2 Å². The number of nitrogens with zero attached hydrogens (tertiary/aromatic N) is 1. The molecule has 0 aliphatic carbocycles. The second kappa shape index (κ2) is 12.6. The van der Waals surface area contributed by atoms with Crippen LogP contribution in [0, 0.1) is 6.92 Å². The van der Waals surface area contributed by atoms with Crippen LogP contribution in [-0.4, -0.2) is 53.0 Å². The van der Waals surface area contributed by atoms with Gasteiger partial charge in [0.05, 0.1) is 31.2 Å². The zero-order valence-corrected chi connectivity index (χ0v) is 22.8. The number of hydrogen-bond donors (Lipinski definition) is 3. The molecule has 204 valence electrons. The number of phenolic OH excluding ortho intramolecular Hbond substituents is 1. The third kappa shape index (κ3) is 6.49. The summed E-state index contributed by atoms with van der Waals surface area (Å²) in [6, 6.07) is 20.6. The fourth-order valence-corrected chi connectivity index (χ4v) is 4.93. The minimum Gasteiger partial charge on any atom is -0.508 e. The zero-order valence-electron chi connectivity index (χ0n) is 22.8. The average Bonchev–Trinajstić information content (AvgIpc) is 3.20. The standard InChI is InChI=1S/C32H36N2O5/c1-4-33(5-2)19-6-20-34-29(24-11-15-26(35)16-12-24)28(31(37)32(34)38)30(36)25-13-17-27(18-14-25)39-21-23-9-7-22(3)8-10-23/h7-18,29,35-36H,4-6,19-21H2,1-3H3/p+1/t29-/m0/s1. The van der Waals surface area contributed by atoms with Crippen molar-refractivity contribution in [1.29, 1.82) is 0 Å². The van der Waals surface area contributed by atoms with Crippen LogP contribution in [0.4, 0.5) is 0 Å². The van der Waals surface area contributed by atoms with E-state index >= 15 is 0 Å². The van der Waals surface area contributed by atoms with Crippen molar-refractivity contribution >= 4 is 17.4 Å². The summed E-state index contributed by atoms with van der Waals surface area (Å²) >= 11 is 0. The van der Waals surface area contributed by atoms with Crippen LogP contribution in [0.3, 0.4) is 0 Å². The highest BCUT2D eigenvalue weighted by Crippen LogP contribution is 2.40. The summed E-state index contributed by atoms with van der Waals surface area (Å²) in [5.41, 5.74) is 3.35. The number of carbonyl (C=O) groups is 2. The zero-order chi connectivity index (χ0) is 27.9. The number of rotatable bonds is 11. The van der Waals surface area contributed by atoms with Gasteiger partial charge in [-0.05, 0) is 68.3 Å². The van der Waals surface area contributed by atoms with Crippen LogP contribution in [0.1, 0.15) is 48.6 Å². The van der Waals surface area contributed by atoms with E-state index in [1.54, 1.807) is 41.3 Å². The summed E-state index contributed by atoms with van der Waals surface area (Å²) in [4.78, 5) is 29.4. The van der Waals surface area contributed by atoms with Crippen molar-refractivity contribution < 1.29 is 29.4 Å². The highest BCUT2D eigenvalue weighted by molar-refractivity contribution is 6.46. The maximum Gasteiger partial charge on any atom is 0.295 e. The van der Waals surface area contributed by atoms with Gasteiger partial charge in [0.15, 0.2) is 0 Å². The Kier molecular flexibility index (Phi) is 9.04. The first-order chi connectivity index (χ1) is 18.8. The lowest BCUT2D eigenvalue weighted by Crippen LogP contribution is -3.11. The number of phenols is 1. The number of Topliss-reactive ketones (excluding diaryl/α,β-unsaturated/α-hetero) is 1. The third-order valence-electron chi connectivity index (χ3n) is 7.33. The van der Waals surface area contributed by atoms with Crippen molar-refractivity contribution in [3.8, 4) is 11.5 Å². The van der Waals surface area contributed by atoms with Crippen molar-refractivity contribution in [3.63, 3.8) is 0 Å². The number of hydrogen-bond acceptors (Lipinski definition) is 5. The molecule has 1 aliphatic rings. The Hall–Kier alpha value is -4.10.